The predicted octanol–water partition coefficient (Wildman–Crippen LogP) is 24.3. The maximum absolute atomic E-state index is 12.9. The molecule has 0 bridgehead atoms. The van der Waals surface area contributed by atoms with Crippen LogP contribution in [0.1, 0.15) is 374 Å². The van der Waals surface area contributed by atoms with Gasteiger partial charge >= 0.3 is 17.9 Å². The molecule has 0 saturated heterocycles. The fraction of sp³-hybridized carbons (Fsp3) is 0.824. The van der Waals surface area contributed by atoms with Crippen molar-refractivity contribution >= 4 is 17.9 Å². The van der Waals surface area contributed by atoms with Crippen molar-refractivity contribution in [3.63, 3.8) is 0 Å². The first-order valence-corrected chi connectivity index (χ1v) is 35.3. The zero-order chi connectivity index (χ0) is 57.8. The quantitative estimate of drug-likeness (QED) is 0.0261. The van der Waals surface area contributed by atoms with Gasteiger partial charge in [0.05, 0.1) is 0 Å². The molecule has 0 spiro atoms. The van der Waals surface area contributed by atoms with Crippen LogP contribution in [0.2, 0.25) is 0 Å². The molecule has 0 heterocycles. The molecule has 0 aliphatic carbocycles. The van der Waals surface area contributed by atoms with Gasteiger partial charge in [0.2, 0.25) is 0 Å². The zero-order valence-corrected chi connectivity index (χ0v) is 53.6. The number of unbranched alkanes of at least 4 members (excludes halogenated alkanes) is 44. The minimum Gasteiger partial charge on any atom is -0.462 e. The lowest BCUT2D eigenvalue weighted by atomic mass is 10.0. The van der Waals surface area contributed by atoms with E-state index in [1.54, 1.807) is 0 Å². The number of carbonyl (C=O) groups excluding carboxylic acids is 3. The van der Waals surface area contributed by atoms with E-state index in [4.69, 9.17) is 14.2 Å². The Kier molecular flexibility index (Phi) is 66.1. The molecule has 0 saturated carbocycles. The molecule has 0 aliphatic rings. The molecular weight excluding hydrogens is 985 g/mol. The molecule has 6 heteroatoms. The smallest absolute Gasteiger partial charge is 0.306 e. The van der Waals surface area contributed by atoms with Crippen molar-refractivity contribution in [3.05, 3.63) is 60.8 Å². The van der Waals surface area contributed by atoms with Crippen molar-refractivity contribution in [2.75, 3.05) is 13.2 Å². The van der Waals surface area contributed by atoms with Crippen molar-refractivity contribution in [1.82, 2.24) is 0 Å². The Balaban J connectivity index is 4.12. The molecule has 80 heavy (non-hydrogen) atoms. The van der Waals surface area contributed by atoms with Crippen LogP contribution in [0, 0.1) is 0 Å². The summed E-state index contributed by atoms with van der Waals surface area (Å²) < 4.78 is 16.9. The number of allylic oxidation sites excluding steroid dienone is 10. The van der Waals surface area contributed by atoms with E-state index in [1.807, 2.05) is 0 Å². The number of esters is 3. The SMILES string of the molecule is CCCC/C=C\C/C=C\CCCCCCCC(=O)OCC(COC(=O)CCCCCCCCCCCCCCCCCCCCCCC/C=C\C/C=C\CCCCCCC)OC(=O)CCCCCCC/C=C\CCCCCCCC. The minimum atomic E-state index is -0.783. The Labute approximate surface area is 498 Å². The second-order valence-electron chi connectivity index (χ2n) is 23.8. The average molecular weight is 1120 g/mol. The van der Waals surface area contributed by atoms with E-state index in [0.717, 1.165) is 96.3 Å². The zero-order valence-electron chi connectivity index (χ0n) is 53.6. The molecule has 0 aromatic heterocycles. The van der Waals surface area contributed by atoms with Crippen LogP contribution >= 0.6 is 0 Å². The van der Waals surface area contributed by atoms with Crippen molar-refractivity contribution in [3.8, 4) is 0 Å². The summed E-state index contributed by atoms with van der Waals surface area (Å²) in [6, 6.07) is 0. The van der Waals surface area contributed by atoms with Crippen LogP contribution in [0.5, 0.6) is 0 Å². The highest BCUT2D eigenvalue weighted by molar-refractivity contribution is 5.71. The van der Waals surface area contributed by atoms with Crippen LogP contribution in [0.15, 0.2) is 60.8 Å². The predicted molar refractivity (Wildman–Crippen MR) is 348 cm³/mol. The Morgan fingerprint density at radius 1 is 0.250 bits per heavy atom. The molecule has 0 radical (unpaired) electrons. The number of hydrogen-bond donors (Lipinski definition) is 0. The summed E-state index contributed by atoms with van der Waals surface area (Å²) >= 11 is 0. The normalized spacial score (nSPS) is 12.4. The van der Waals surface area contributed by atoms with E-state index < -0.39 is 6.10 Å². The minimum absolute atomic E-state index is 0.0783. The van der Waals surface area contributed by atoms with E-state index in [0.29, 0.717) is 19.3 Å². The van der Waals surface area contributed by atoms with Gasteiger partial charge in [-0.25, -0.2) is 0 Å². The molecule has 0 fully saturated rings. The highest BCUT2D eigenvalue weighted by Gasteiger charge is 2.19. The summed E-state index contributed by atoms with van der Waals surface area (Å²) in [7, 11) is 0. The first-order valence-electron chi connectivity index (χ1n) is 35.3. The third-order valence-corrected chi connectivity index (χ3v) is 15.7. The second-order valence-corrected chi connectivity index (χ2v) is 23.8. The summed E-state index contributed by atoms with van der Waals surface area (Å²) in [6.45, 7) is 6.61. The highest BCUT2D eigenvalue weighted by Crippen LogP contribution is 2.18. The van der Waals surface area contributed by atoms with E-state index >= 15 is 0 Å². The molecule has 0 aliphatic heterocycles. The Morgan fingerprint density at radius 2 is 0.463 bits per heavy atom. The third kappa shape index (κ3) is 65.9. The lowest BCUT2D eigenvalue weighted by Crippen LogP contribution is -2.30. The molecule has 0 aromatic rings. The summed E-state index contributed by atoms with van der Waals surface area (Å²) in [6.07, 6.45) is 88.3. The van der Waals surface area contributed by atoms with Gasteiger partial charge in [-0.3, -0.25) is 14.4 Å². The number of hydrogen-bond acceptors (Lipinski definition) is 6. The number of rotatable bonds is 65. The molecule has 6 nitrogen and oxygen atoms in total. The molecule has 1 unspecified atom stereocenters. The van der Waals surface area contributed by atoms with Crippen molar-refractivity contribution in [2.24, 2.45) is 0 Å². The van der Waals surface area contributed by atoms with Crippen LogP contribution < -0.4 is 0 Å². The molecule has 0 rings (SSSR count). The molecule has 1 atom stereocenters. The van der Waals surface area contributed by atoms with Gasteiger partial charge < -0.3 is 14.2 Å². The molecule has 0 N–H and O–H groups in total. The fourth-order valence-electron chi connectivity index (χ4n) is 10.4. The third-order valence-electron chi connectivity index (χ3n) is 15.7. The second kappa shape index (κ2) is 68.6. The van der Waals surface area contributed by atoms with Crippen LogP contribution in [-0.4, -0.2) is 37.2 Å². The van der Waals surface area contributed by atoms with Gasteiger partial charge in [0.25, 0.3) is 0 Å². The topological polar surface area (TPSA) is 78.9 Å². The van der Waals surface area contributed by atoms with Crippen LogP contribution in [0.3, 0.4) is 0 Å². The Hall–Kier alpha value is -2.89. The van der Waals surface area contributed by atoms with Crippen molar-refractivity contribution in [1.29, 1.82) is 0 Å². The van der Waals surface area contributed by atoms with E-state index in [1.165, 1.54) is 238 Å². The van der Waals surface area contributed by atoms with E-state index in [-0.39, 0.29) is 31.1 Å². The van der Waals surface area contributed by atoms with Crippen molar-refractivity contribution < 1.29 is 28.6 Å². The van der Waals surface area contributed by atoms with Gasteiger partial charge in [0.15, 0.2) is 6.10 Å². The van der Waals surface area contributed by atoms with Gasteiger partial charge in [-0.1, -0.05) is 313 Å². The number of carbonyl (C=O) groups is 3. The monoisotopic (exact) mass is 1120 g/mol. The first kappa shape index (κ1) is 77.1. The lowest BCUT2D eigenvalue weighted by Gasteiger charge is -2.18. The Morgan fingerprint density at radius 3 is 0.738 bits per heavy atom. The maximum Gasteiger partial charge on any atom is 0.306 e. The maximum atomic E-state index is 12.9. The van der Waals surface area contributed by atoms with Crippen LogP contribution in [-0.2, 0) is 28.6 Å². The summed E-state index contributed by atoms with van der Waals surface area (Å²) in [5.41, 5.74) is 0. The summed E-state index contributed by atoms with van der Waals surface area (Å²) in [5, 5.41) is 0. The molecule has 0 amide bonds. The van der Waals surface area contributed by atoms with Gasteiger partial charge in [0, 0.05) is 19.3 Å². The summed E-state index contributed by atoms with van der Waals surface area (Å²) in [4.78, 5) is 38.3. The largest absolute Gasteiger partial charge is 0.462 e. The van der Waals surface area contributed by atoms with Gasteiger partial charge in [-0.2, -0.15) is 0 Å². The van der Waals surface area contributed by atoms with E-state index in [2.05, 4.69) is 81.5 Å². The molecular formula is C74H134O6. The van der Waals surface area contributed by atoms with Crippen LogP contribution in [0.25, 0.3) is 0 Å². The number of ether oxygens (including phenoxy) is 3. The molecule has 466 valence electrons. The van der Waals surface area contributed by atoms with Gasteiger partial charge in [0.1, 0.15) is 13.2 Å². The van der Waals surface area contributed by atoms with Gasteiger partial charge in [-0.05, 0) is 103 Å². The first-order chi connectivity index (χ1) is 39.5. The highest BCUT2D eigenvalue weighted by atomic mass is 16.6. The standard InChI is InChI=1S/C74H134O6/c1-4-7-10-13-16-19-22-25-28-29-30-31-32-33-34-35-36-37-38-39-40-41-42-43-44-45-47-49-52-55-58-61-64-67-73(76)79-70-71(69-78-72(75)66-63-60-57-54-51-48-27-24-21-18-15-12-9-6-3)80-74(77)68-65-62-59-56-53-50-46-26-23-20-17-14-11-8-5-2/h15,18,22,24-27,29-30,46,71H,4-14,16-17,19-21,23,28,31-45,47-70H2,1-3H3/b18-15-,25-22-,27-24-,30-29-,46-26-. The summed E-state index contributed by atoms with van der Waals surface area (Å²) in [5.74, 6) is -0.881. The fourth-order valence-corrected chi connectivity index (χ4v) is 10.4. The average Bonchev–Trinajstić information content (AvgIpc) is 3.46. The van der Waals surface area contributed by atoms with Crippen molar-refractivity contribution in [2.45, 2.75) is 380 Å². The van der Waals surface area contributed by atoms with E-state index in [9.17, 15) is 14.4 Å². The van der Waals surface area contributed by atoms with Gasteiger partial charge in [-0.15, -0.1) is 0 Å². The van der Waals surface area contributed by atoms with Crippen LogP contribution in [0.4, 0.5) is 0 Å². The Bertz CT molecular complexity index is 1430. The lowest BCUT2D eigenvalue weighted by molar-refractivity contribution is -0.167. The molecule has 0 aromatic carbocycles.